The molecule has 1 aliphatic rings. The Labute approximate surface area is 287 Å². The van der Waals surface area contributed by atoms with Crippen LogP contribution in [0.2, 0.25) is 25.7 Å². The zero-order valence-corrected chi connectivity index (χ0v) is 30.5. The first-order valence-electron chi connectivity index (χ1n) is 16.9. The molecule has 4 heterocycles. The van der Waals surface area contributed by atoms with Gasteiger partial charge in [-0.05, 0) is 76.8 Å². The van der Waals surface area contributed by atoms with Crippen LogP contribution < -0.4 is 4.74 Å². The lowest BCUT2D eigenvalue weighted by molar-refractivity contribution is 0.0177. The Morgan fingerprint density at radius 1 is 1.04 bits per heavy atom. The normalized spacial score (nSPS) is 14.6. The number of rotatable bonds is 10. The molecule has 49 heavy (non-hydrogen) atoms. The SMILES string of the molecule is Cc1nc2ccc(Oc3ccc4ncc(-c5cnn(CC6CCN(C(=O)OC(C)(C)C)CC6)c5)nc4c3F)cc2n1COCC[Si](C)(C)C. The van der Waals surface area contributed by atoms with Crippen LogP contribution in [0.3, 0.4) is 0 Å². The first kappa shape index (κ1) is 34.5. The van der Waals surface area contributed by atoms with Crippen molar-refractivity contribution in [3.63, 3.8) is 0 Å². The van der Waals surface area contributed by atoms with E-state index in [9.17, 15) is 4.79 Å². The predicted molar refractivity (Wildman–Crippen MR) is 190 cm³/mol. The van der Waals surface area contributed by atoms with Gasteiger partial charge in [0.1, 0.15) is 29.4 Å². The van der Waals surface area contributed by atoms with E-state index >= 15 is 4.39 Å². The second kappa shape index (κ2) is 13.9. The molecule has 1 amide bonds. The number of halogens is 1. The lowest BCUT2D eigenvalue weighted by Gasteiger charge is -2.33. The number of piperidine rings is 1. The summed E-state index contributed by atoms with van der Waals surface area (Å²) in [6.07, 6.45) is 6.72. The van der Waals surface area contributed by atoms with E-state index in [-0.39, 0.29) is 17.4 Å². The summed E-state index contributed by atoms with van der Waals surface area (Å²) in [6.45, 7) is 17.7. The Balaban J connectivity index is 1.13. The molecule has 0 saturated carbocycles. The molecule has 5 aromatic rings. The van der Waals surface area contributed by atoms with E-state index < -0.39 is 19.5 Å². The van der Waals surface area contributed by atoms with Gasteiger partial charge >= 0.3 is 6.09 Å². The maximum atomic E-state index is 15.9. The number of hydrogen-bond acceptors (Lipinski definition) is 8. The van der Waals surface area contributed by atoms with Crippen molar-refractivity contribution in [2.24, 2.45) is 5.92 Å². The van der Waals surface area contributed by atoms with E-state index in [1.165, 1.54) is 0 Å². The van der Waals surface area contributed by atoms with Crippen molar-refractivity contribution in [2.45, 2.75) is 85.1 Å². The first-order valence-corrected chi connectivity index (χ1v) is 20.6. The maximum absolute atomic E-state index is 15.9. The molecule has 0 unspecified atom stereocenters. The standard InChI is InChI=1S/C36H46FN7O4Si/c1-24-40-28-9-8-27(18-31(28)44(24)23-46-16-17-49(5,6)7)47-32-11-10-29-34(33(32)37)41-30(20-38-29)26-19-39-43(22-26)21-25-12-14-42(15-13-25)35(45)48-36(2,3)4/h8-11,18-20,22,25H,12-17,21,23H2,1-7H3. The Bertz CT molecular complexity index is 1950. The highest BCUT2D eigenvalue weighted by Gasteiger charge is 2.27. The monoisotopic (exact) mass is 687 g/mol. The smallest absolute Gasteiger partial charge is 0.410 e. The number of ether oxygens (including phenoxy) is 3. The third kappa shape index (κ3) is 8.45. The van der Waals surface area contributed by atoms with Crippen molar-refractivity contribution in [1.29, 1.82) is 0 Å². The van der Waals surface area contributed by atoms with Gasteiger partial charge in [-0.1, -0.05) is 19.6 Å². The summed E-state index contributed by atoms with van der Waals surface area (Å²) in [5.41, 5.74) is 2.98. The molecule has 2 aromatic carbocycles. The number of carbonyl (C=O) groups excluding carboxylic acids is 1. The molecule has 0 aliphatic carbocycles. The zero-order valence-electron chi connectivity index (χ0n) is 29.5. The molecule has 0 bridgehead atoms. The largest absolute Gasteiger partial charge is 0.454 e. The van der Waals surface area contributed by atoms with Crippen molar-refractivity contribution < 1.29 is 23.4 Å². The highest BCUT2D eigenvalue weighted by atomic mass is 28.3. The van der Waals surface area contributed by atoms with E-state index in [0.717, 1.165) is 41.3 Å². The van der Waals surface area contributed by atoms with Crippen LogP contribution in [0, 0.1) is 18.7 Å². The van der Waals surface area contributed by atoms with Crippen molar-refractivity contribution in [2.75, 3.05) is 19.7 Å². The quantitative estimate of drug-likeness (QED) is 0.107. The average Bonchev–Trinajstić information content (AvgIpc) is 3.63. The van der Waals surface area contributed by atoms with Crippen molar-refractivity contribution in [3.05, 3.63) is 60.6 Å². The highest BCUT2D eigenvalue weighted by Crippen LogP contribution is 2.32. The maximum Gasteiger partial charge on any atom is 0.410 e. The van der Waals surface area contributed by atoms with E-state index in [2.05, 4.69) is 39.7 Å². The van der Waals surface area contributed by atoms with E-state index in [1.54, 1.807) is 35.5 Å². The second-order valence-corrected chi connectivity index (χ2v) is 20.7. The number of likely N-dealkylation sites (tertiary alicyclic amines) is 1. The lowest BCUT2D eigenvalue weighted by Crippen LogP contribution is -2.42. The summed E-state index contributed by atoms with van der Waals surface area (Å²) >= 11 is 0. The third-order valence-electron chi connectivity index (χ3n) is 8.61. The number of hydrogen-bond donors (Lipinski definition) is 0. The van der Waals surface area contributed by atoms with E-state index in [4.69, 9.17) is 14.2 Å². The minimum absolute atomic E-state index is 0.0564. The average molecular weight is 688 g/mol. The molecule has 13 heteroatoms. The number of carbonyl (C=O) groups is 1. The summed E-state index contributed by atoms with van der Waals surface area (Å²) in [4.78, 5) is 28.0. The van der Waals surface area contributed by atoms with Gasteiger partial charge in [0, 0.05) is 52.1 Å². The number of benzene rings is 2. The number of nitrogens with zero attached hydrogens (tertiary/aromatic N) is 7. The number of aromatic nitrogens is 6. The molecular formula is C36H46FN7O4Si. The number of amides is 1. The van der Waals surface area contributed by atoms with E-state index in [1.807, 2.05) is 55.3 Å². The van der Waals surface area contributed by atoms with Gasteiger partial charge in [-0.15, -0.1) is 0 Å². The lowest BCUT2D eigenvalue weighted by atomic mass is 9.97. The van der Waals surface area contributed by atoms with Gasteiger partial charge in [-0.2, -0.15) is 5.10 Å². The van der Waals surface area contributed by atoms with Gasteiger partial charge in [0.2, 0.25) is 0 Å². The van der Waals surface area contributed by atoms with Crippen molar-refractivity contribution in [1.82, 2.24) is 34.2 Å². The van der Waals surface area contributed by atoms with Gasteiger partial charge < -0.3 is 23.7 Å². The summed E-state index contributed by atoms with van der Waals surface area (Å²) in [7, 11) is -1.20. The number of imidazole rings is 1. The van der Waals surface area contributed by atoms with Crippen LogP contribution in [0.4, 0.5) is 9.18 Å². The molecule has 0 atom stereocenters. The Kier molecular flexibility index (Phi) is 9.76. The molecule has 11 nitrogen and oxygen atoms in total. The minimum atomic E-state index is -1.20. The fraction of sp³-hybridized carbons (Fsp3) is 0.472. The van der Waals surface area contributed by atoms with Crippen LogP contribution in [-0.4, -0.2) is 73.7 Å². The minimum Gasteiger partial charge on any atom is -0.454 e. The van der Waals surface area contributed by atoms with Gasteiger partial charge in [0.05, 0.1) is 34.6 Å². The Hall–Kier alpha value is -4.36. The molecule has 1 aliphatic heterocycles. The molecule has 1 fully saturated rings. The highest BCUT2D eigenvalue weighted by molar-refractivity contribution is 6.76. The first-order chi connectivity index (χ1) is 23.2. The Morgan fingerprint density at radius 3 is 2.53 bits per heavy atom. The summed E-state index contributed by atoms with van der Waals surface area (Å²) in [5, 5.41) is 4.54. The molecule has 260 valence electrons. The Morgan fingerprint density at radius 2 is 1.80 bits per heavy atom. The summed E-state index contributed by atoms with van der Waals surface area (Å²) < 4.78 is 37.4. The van der Waals surface area contributed by atoms with Crippen molar-refractivity contribution >= 4 is 36.2 Å². The zero-order chi connectivity index (χ0) is 34.9. The van der Waals surface area contributed by atoms with Gasteiger partial charge in [0.25, 0.3) is 0 Å². The van der Waals surface area contributed by atoms with Crippen molar-refractivity contribution in [3.8, 4) is 22.8 Å². The predicted octanol–water partition coefficient (Wildman–Crippen LogP) is 8.04. The molecule has 0 N–H and O–H groups in total. The molecule has 0 spiro atoms. The van der Waals surface area contributed by atoms with Crippen LogP contribution in [-0.2, 0) is 22.7 Å². The van der Waals surface area contributed by atoms with Crippen LogP contribution in [0.15, 0.2) is 48.9 Å². The fourth-order valence-corrected chi connectivity index (χ4v) is 6.60. The molecule has 0 radical (unpaired) electrons. The fourth-order valence-electron chi connectivity index (χ4n) is 5.84. The van der Waals surface area contributed by atoms with Crippen LogP contribution in [0.1, 0.15) is 39.4 Å². The van der Waals surface area contributed by atoms with Gasteiger partial charge in [0.15, 0.2) is 11.6 Å². The van der Waals surface area contributed by atoms with E-state index in [0.29, 0.717) is 55.9 Å². The molecule has 6 rings (SSSR count). The van der Waals surface area contributed by atoms with Gasteiger partial charge in [-0.25, -0.2) is 19.2 Å². The molecular weight excluding hydrogens is 642 g/mol. The van der Waals surface area contributed by atoms with Gasteiger partial charge in [-0.3, -0.25) is 9.67 Å². The summed E-state index contributed by atoms with van der Waals surface area (Å²) in [5.74, 6) is 1.16. The van der Waals surface area contributed by atoms with Crippen LogP contribution in [0.25, 0.3) is 33.3 Å². The number of fused-ring (bicyclic) bond motifs is 2. The molecule has 1 saturated heterocycles. The van der Waals surface area contributed by atoms with Crippen LogP contribution in [0.5, 0.6) is 11.5 Å². The van der Waals surface area contributed by atoms with Crippen LogP contribution >= 0.6 is 0 Å². The second-order valence-electron chi connectivity index (χ2n) is 15.1. The third-order valence-corrected chi connectivity index (χ3v) is 10.3. The number of aryl methyl sites for hydroxylation is 1. The molecule has 3 aromatic heterocycles. The summed E-state index contributed by atoms with van der Waals surface area (Å²) in [6, 6.07) is 9.88. The topological polar surface area (TPSA) is 109 Å².